The van der Waals surface area contributed by atoms with E-state index in [1.165, 1.54) is 38.5 Å². The van der Waals surface area contributed by atoms with Crippen LogP contribution in [0.15, 0.2) is 216 Å². The molecule has 2 aromatic heterocycles. The highest BCUT2D eigenvalue weighted by Gasteiger charge is 2.25. The fraction of sp³-hybridized carbons (Fsp3) is 0.0351. The second kappa shape index (κ2) is 15.0. The van der Waals surface area contributed by atoms with Gasteiger partial charge in [0, 0.05) is 40.0 Å². The van der Waals surface area contributed by atoms with Gasteiger partial charge < -0.3 is 13.9 Å². The summed E-state index contributed by atoms with van der Waals surface area (Å²) in [4.78, 5) is 7.72. The van der Waals surface area contributed by atoms with E-state index in [0.29, 0.717) is 0 Å². The van der Waals surface area contributed by atoms with Crippen molar-refractivity contribution < 1.29 is 4.42 Å². The molecule has 0 unspecified atom stereocenters. The van der Waals surface area contributed by atoms with Gasteiger partial charge in [0.15, 0.2) is 0 Å². The third-order valence-corrected chi connectivity index (χ3v) is 11.9. The molecule has 1 aliphatic rings. The highest BCUT2D eigenvalue weighted by Crippen LogP contribution is 2.37. The number of para-hydroxylation sites is 2. The van der Waals surface area contributed by atoms with E-state index in [9.17, 15) is 0 Å². The van der Waals surface area contributed by atoms with Gasteiger partial charge in [-0.3, -0.25) is 0 Å². The summed E-state index contributed by atoms with van der Waals surface area (Å²) in [5.74, 6) is 0.839. The Bertz CT molecular complexity index is 3500. The Kier molecular flexibility index (Phi) is 8.90. The molecule has 0 amide bonds. The topological polar surface area (TPSA) is 33.7 Å². The Labute approximate surface area is 354 Å². The normalized spacial score (nSPS) is 14.0. The number of fused-ring (bicyclic) bond motifs is 5. The van der Waals surface area contributed by atoms with E-state index >= 15 is 0 Å². The Morgan fingerprint density at radius 1 is 0.492 bits per heavy atom. The lowest BCUT2D eigenvalue weighted by Crippen LogP contribution is -2.33. The standard InChI is InChI=1S/C57H41N3O/c1-3-4-29-53-55(57-58-56(47-26-12-13-27-50(47)59(57)2)44-23-15-21-40(34-44)38-17-7-5-8-18-38)48-32-30-43(37-54(48)61-53)42-31-33-52-49(36-42)46-25-11-14-28-51(46)60(52)45-24-16-22-41(35-45)39-19-9-6-10-20-39/h3-37H,1-2H3/b4-3-,53-29+,57-55-. The van der Waals surface area contributed by atoms with E-state index in [4.69, 9.17) is 9.41 Å². The maximum Gasteiger partial charge on any atom is 0.145 e. The minimum absolute atomic E-state index is 0.767. The third-order valence-electron chi connectivity index (χ3n) is 11.9. The average Bonchev–Trinajstić information content (AvgIpc) is 3.86. The lowest BCUT2D eigenvalue weighted by Gasteiger charge is -2.28. The van der Waals surface area contributed by atoms with Crippen LogP contribution in [0.1, 0.15) is 18.1 Å². The van der Waals surface area contributed by atoms with Crippen molar-refractivity contribution in [1.29, 1.82) is 0 Å². The number of hydrogen-bond donors (Lipinski definition) is 0. The molecule has 290 valence electrons. The van der Waals surface area contributed by atoms with Gasteiger partial charge in [-0.25, -0.2) is 4.99 Å². The molecule has 0 saturated heterocycles. The quantitative estimate of drug-likeness (QED) is 0.168. The van der Waals surface area contributed by atoms with Gasteiger partial charge in [-0.15, -0.1) is 0 Å². The van der Waals surface area contributed by atoms with Crippen LogP contribution in [-0.2, 0) is 0 Å². The molecule has 11 rings (SSSR count). The Balaban J connectivity index is 1.07. The molecule has 8 aromatic carbocycles. The van der Waals surface area contributed by atoms with Gasteiger partial charge in [0.05, 0.1) is 27.7 Å². The Morgan fingerprint density at radius 3 is 1.92 bits per heavy atom. The van der Waals surface area contributed by atoms with Gasteiger partial charge in [0.2, 0.25) is 0 Å². The first-order valence-electron chi connectivity index (χ1n) is 20.8. The lowest BCUT2D eigenvalue weighted by molar-refractivity contribution is 0.575. The van der Waals surface area contributed by atoms with Crippen LogP contribution in [-0.4, -0.2) is 17.3 Å². The zero-order valence-electron chi connectivity index (χ0n) is 34.0. The number of rotatable bonds is 6. The molecule has 0 spiro atoms. The zero-order valence-corrected chi connectivity index (χ0v) is 34.0. The summed E-state index contributed by atoms with van der Waals surface area (Å²) in [6.45, 7) is 2.02. The lowest BCUT2D eigenvalue weighted by atomic mass is 9.95. The van der Waals surface area contributed by atoms with E-state index in [-0.39, 0.29) is 0 Å². The van der Waals surface area contributed by atoms with Crippen LogP contribution in [0.2, 0.25) is 0 Å². The smallest absolute Gasteiger partial charge is 0.145 e. The number of aromatic nitrogens is 1. The first-order valence-corrected chi connectivity index (χ1v) is 20.8. The summed E-state index contributed by atoms with van der Waals surface area (Å²) >= 11 is 0. The number of allylic oxidation sites excluding steroid dienone is 2. The first kappa shape index (κ1) is 36.2. The van der Waals surface area contributed by atoms with Gasteiger partial charge in [0.1, 0.15) is 16.8 Å². The zero-order chi connectivity index (χ0) is 40.9. The van der Waals surface area contributed by atoms with Gasteiger partial charge in [-0.1, -0.05) is 152 Å². The van der Waals surface area contributed by atoms with Crippen LogP contribution in [0.25, 0.3) is 83.7 Å². The molecule has 10 aromatic rings. The van der Waals surface area contributed by atoms with Crippen molar-refractivity contribution in [2.45, 2.75) is 6.92 Å². The molecule has 0 fully saturated rings. The van der Waals surface area contributed by atoms with E-state index in [2.05, 4.69) is 217 Å². The summed E-state index contributed by atoms with van der Waals surface area (Å²) in [6, 6.07) is 69.3. The second-order valence-corrected chi connectivity index (χ2v) is 15.6. The van der Waals surface area contributed by atoms with Crippen LogP contribution in [0.5, 0.6) is 0 Å². The number of nitrogens with zero attached hydrogens (tertiary/aromatic N) is 3. The molecule has 0 N–H and O–H groups in total. The molecule has 0 radical (unpaired) electrons. The number of aliphatic imine (C=N–C) groups is 1. The molecule has 4 heteroatoms. The van der Waals surface area contributed by atoms with E-state index < -0.39 is 0 Å². The van der Waals surface area contributed by atoms with Crippen LogP contribution >= 0.6 is 0 Å². The first-order chi connectivity index (χ1) is 30.1. The third kappa shape index (κ3) is 6.28. The fourth-order valence-corrected chi connectivity index (χ4v) is 8.95. The molecule has 0 bridgehead atoms. The number of hydrogen-bond acceptors (Lipinski definition) is 3. The molecular weight excluding hydrogens is 743 g/mol. The second-order valence-electron chi connectivity index (χ2n) is 15.6. The number of benzene rings is 8. The van der Waals surface area contributed by atoms with Crippen molar-refractivity contribution in [3.8, 4) is 39.1 Å². The molecule has 4 nitrogen and oxygen atoms in total. The predicted molar refractivity (Wildman–Crippen MR) is 256 cm³/mol. The minimum atomic E-state index is 0.767. The highest BCUT2D eigenvalue weighted by atomic mass is 16.3. The van der Waals surface area contributed by atoms with Crippen molar-refractivity contribution >= 4 is 56.1 Å². The molecule has 3 heterocycles. The van der Waals surface area contributed by atoms with Crippen molar-refractivity contribution in [3.63, 3.8) is 0 Å². The minimum Gasteiger partial charge on any atom is -0.456 e. The summed E-state index contributed by atoms with van der Waals surface area (Å²) in [5.41, 5.74) is 16.2. The largest absolute Gasteiger partial charge is 0.456 e. The Hall–Kier alpha value is -7.95. The number of anilines is 1. The molecule has 61 heavy (non-hydrogen) atoms. The molecule has 0 aliphatic carbocycles. The fourth-order valence-electron chi connectivity index (χ4n) is 8.95. The summed E-state index contributed by atoms with van der Waals surface area (Å²) in [6.07, 6.45) is 6.11. The van der Waals surface area contributed by atoms with Crippen molar-refractivity contribution in [2.24, 2.45) is 4.99 Å². The number of furan rings is 1. The van der Waals surface area contributed by atoms with Crippen molar-refractivity contribution in [2.75, 3.05) is 11.9 Å². The van der Waals surface area contributed by atoms with E-state index in [0.717, 1.165) is 72.3 Å². The molecular formula is C57H41N3O. The van der Waals surface area contributed by atoms with Gasteiger partial charge in [0.25, 0.3) is 0 Å². The maximum atomic E-state index is 6.81. The van der Waals surface area contributed by atoms with E-state index in [1.807, 2.05) is 19.1 Å². The van der Waals surface area contributed by atoms with Crippen LogP contribution < -0.4 is 15.5 Å². The molecule has 0 atom stereocenters. The Morgan fingerprint density at radius 2 is 1.11 bits per heavy atom. The highest BCUT2D eigenvalue weighted by molar-refractivity contribution is 6.20. The van der Waals surface area contributed by atoms with Crippen LogP contribution in [0.4, 0.5) is 5.69 Å². The van der Waals surface area contributed by atoms with Gasteiger partial charge in [-0.2, -0.15) is 0 Å². The maximum absolute atomic E-state index is 6.81. The van der Waals surface area contributed by atoms with Crippen molar-refractivity contribution in [1.82, 2.24) is 4.57 Å². The monoisotopic (exact) mass is 783 g/mol. The summed E-state index contributed by atoms with van der Waals surface area (Å²) in [7, 11) is 2.10. The SMILES string of the molecule is C\C=C/C=c1/oc2cc(-c3ccc4c(c3)c3ccccc3n4-c3cccc(-c4ccccc4)c3)ccc2/c1=C1\N=C(c2cccc(-c3ccccc3)c2)c2ccccc2N1C. The van der Waals surface area contributed by atoms with Crippen LogP contribution in [0, 0.1) is 0 Å². The molecule has 1 aliphatic heterocycles. The predicted octanol–water partition coefficient (Wildman–Crippen LogP) is 12.9. The average molecular weight is 784 g/mol. The summed E-state index contributed by atoms with van der Waals surface area (Å²) in [5, 5.41) is 4.40. The van der Waals surface area contributed by atoms with E-state index in [1.54, 1.807) is 0 Å². The van der Waals surface area contributed by atoms with Crippen LogP contribution in [0.3, 0.4) is 0 Å². The van der Waals surface area contributed by atoms with Gasteiger partial charge >= 0.3 is 0 Å². The summed E-state index contributed by atoms with van der Waals surface area (Å²) < 4.78 is 9.19. The van der Waals surface area contributed by atoms with Crippen molar-refractivity contribution in [3.05, 3.63) is 228 Å². The molecule has 0 saturated carbocycles. The van der Waals surface area contributed by atoms with Gasteiger partial charge in [-0.05, 0) is 101 Å².